The minimum Gasteiger partial charge on any atom is -0.344 e. The van der Waals surface area contributed by atoms with E-state index in [4.69, 9.17) is 9.47 Å². The number of hydrogen-bond acceptors (Lipinski definition) is 2. The van der Waals surface area contributed by atoms with E-state index in [1.807, 2.05) is 13.8 Å². The summed E-state index contributed by atoms with van der Waals surface area (Å²) in [4.78, 5) is 0. The molecule has 2 fully saturated rings. The molecule has 1 saturated heterocycles. The van der Waals surface area contributed by atoms with Crippen molar-refractivity contribution in [3.8, 4) is 0 Å². The van der Waals surface area contributed by atoms with Crippen molar-refractivity contribution in [3.63, 3.8) is 0 Å². The van der Waals surface area contributed by atoms with Crippen molar-refractivity contribution in [1.29, 1.82) is 0 Å². The summed E-state index contributed by atoms with van der Waals surface area (Å²) in [6, 6.07) is 0. The fourth-order valence-electron chi connectivity index (χ4n) is 3.52. The maximum absolute atomic E-state index is 6.17. The molecular weight excluding hydrogens is 212 g/mol. The normalized spacial score (nSPS) is 40.9. The summed E-state index contributed by atoms with van der Waals surface area (Å²) < 4.78 is 12.3. The first kappa shape index (κ1) is 13.4. The van der Waals surface area contributed by atoms with Gasteiger partial charge >= 0.3 is 0 Å². The standard InChI is InChI=1S/C15H28O2/c1-9(2)10-8-11(14(3,4)5)13-12(10)16-15(6,7)17-13/h9-13H,8H2,1-7H3. The second kappa shape index (κ2) is 3.96. The van der Waals surface area contributed by atoms with Gasteiger partial charge in [-0.25, -0.2) is 0 Å². The van der Waals surface area contributed by atoms with Gasteiger partial charge < -0.3 is 9.47 Å². The molecule has 0 aromatic rings. The fraction of sp³-hybridized carbons (Fsp3) is 1.00. The van der Waals surface area contributed by atoms with E-state index in [1.165, 1.54) is 6.42 Å². The molecule has 0 bridgehead atoms. The van der Waals surface area contributed by atoms with Crippen LogP contribution in [0.2, 0.25) is 0 Å². The van der Waals surface area contributed by atoms with Crippen LogP contribution in [0.1, 0.15) is 54.9 Å². The summed E-state index contributed by atoms with van der Waals surface area (Å²) in [5.74, 6) is 1.53. The smallest absolute Gasteiger partial charge is 0.163 e. The molecule has 0 N–H and O–H groups in total. The van der Waals surface area contributed by atoms with Crippen molar-refractivity contribution in [2.45, 2.75) is 72.9 Å². The molecule has 0 aromatic heterocycles. The second-order valence-electron chi connectivity index (χ2n) is 7.68. The molecule has 1 heterocycles. The van der Waals surface area contributed by atoms with Crippen molar-refractivity contribution < 1.29 is 9.47 Å². The number of ether oxygens (including phenoxy) is 2. The van der Waals surface area contributed by atoms with Crippen LogP contribution in [-0.2, 0) is 9.47 Å². The van der Waals surface area contributed by atoms with E-state index in [0.717, 1.165) is 0 Å². The fourth-order valence-corrected chi connectivity index (χ4v) is 3.52. The molecule has 1 saturated carbocycles. The Balaban J connectivity index is 2.24. The summed E-state index contributed by atoms with van der Waals surface area (Å²) in [6.07, 6.45) is 1.83. The second-order valence-corrected chi connectivity index (χ2v) is 7.68. The molecule has 2 rings (SSSR count). The van der Waals surface area contributed by atoms with Crippen molar-refractivity contribution in [2.75, 3.05) is 0 Å². The summed E-state index contributed by atoms with van der Waals surface area (Å²) in [5.41, 5.74) is 0.302. The lowest BCUT2D eigenvalue weighted by Gasteiger charge is -2.32. The van der Waals surface area contributed by atoms with Gasteiger partial charge in [-0.2, -0.15) is 0 Å². The van der Waals surface area contributed by atoms with E-state index in [9.17, 15) is 0 Å². The van der Waals surface area contributed by atoms with E-state index in [0.29, 0.717) is 29.3 Å². The summed E-state index contributed by atoms with van der Waals surface area (Å²) in [6.45, 7) is 15.7. The summed E-state index contributed by atoms with van der Waals surface area (Å²) in [5, 5.41) is 0. The van der Waals surface area contributed by atoms with Crippen LogP contribution in [0.4, 0.5) is 0 Å². The summed E-state index contributed by atoms with van der Waals surface area (Å²) in [7, 11) is 0. The largest absolute Gasteiger partial charge is 0.344 e. The third-order valence-corrected chi connectivity index (χ3v) is 4.48. The van der Waals surface area contributed by atoms with Gasteiger partial charge in [-0.15, -0.1) is 0 Å². The Morgan fingerprint density at radius 1 is 1.06 bits per heavy atom. The quantitative estimate of drug-likeness (QED) is 0.693. The molecule has 2 aliphatic rings. The Labute approximate surface area is 106 Å². The van der Waals surface area contributed by atoms with E-state index in [-0.39, 0.29) is 6.10 Å². The SMILES string of the molecule is CC(C)C1CC(C(C)(C)C)C2OC(C)(C)OC12. The van der Waals surface area contributed by atoms with Crippen LogP contribution < -0.4 is 0 Å². The minimum atomic E-state index is -0.396. The molecule has 2 heteroatoms. The van der Waals surface area contributed by atoms with E-state index < -0.39 is 5.79 Å². The first-order chi connectivity index (χ1) is 7.62. The highest BCUT2D eigenvalue weighted by Gasteiger charge is 2.56. The number of fused-ring (bicyclic) bond motifs is 1. The van der Waals surface area contributed by atoms with Crippen LogP contribution in [0.15, 0.2) is 0 Å². The predicted octanol–water partition coefficient (Wildman–Crippen LogP) is 3.84. The lowest BCUT2D eigenvalue weighted by Crippen LogP contribution is -2.33. The predicted molar refractivity (Wildman–Crippen MR) is 69.7 cm³/mol. The monoisotopic (exact) mass is 240 g/mol. The summed E-state index contributed by atoms with van der Waals surface area (Å²) >= 11 is 0. The molecule has 0 amide bonds. The van der Waals surface area contributed by atoms with Crippen LogP contribution >= 0.6 is 0 Å². The van der Waals surface area contributed by atoms with Gasteiger partial charge in [-0.1, -0.05) is 34.6 Å². The Morgan fingerprint density at radius 2 is 1.59 bits per heavy atom. The van der Waals surface area contributed by atoms with E-state index in [1.54, 1.807) is 0 Å². The molecule has 100 valence electrons. The third-order valence-electron chi connectivity index (χ3n) is 4.48. The molecule has 2 nitrogen and oxygen atoms in total. The van der Waals surface area contributed by atoms with E-state index in [2.05, 4.69) is 34.6 Å². The molecule has 17 heavy (non-hydrogen) atoms. The highest BCUT2D eigenvalue weighted by atomic mass is 16.8. The van der Waals surface area contributed by atoms with Crippen molar-refractivity contribution in [3.05, 3.63) is 0 Å². The number of rotatable bonds is 1. The van der Waals surface area contributed by atoms with Crippen molar-refractivity contribution >= 4 is 0 Å². The zero-order valence-electron chi connectivity index (χ0n) is 12.4. The van der Waals surface area contributed by atoms with Gasteiger partial charge in [-0.05, 0) is 43.4 Å². The average molecular weight is 240 g/mol. The van der Waals surface area contributed by atoms with Crippen molar-refractivity contribution in [1.82, 2.24) is 0 Å². The Bertz CT molecular complexity index is 288. The topological polar surface area (TPSA) is 18.5 Å². The molecule has 1 aliphatic heterocycles. The highest BCUT2D eigenvalue weighted by molar-refractivity contribution is 5.02. The lowest BCUT2D eigenvalue weighted by atomic mass is 9.77. The highest BCUT2D eigenvalue weighted by Crippen LogP contribution is 2.52. The molecular formula is C15H28O2. The van der Waals surface area contributed by atoms with Gasteiger partial charge in [0.05, 0.1) is 12.2 Å². The molecule has 0 aromatic carbocycles. The Kier molecular flexibility index (Phi) is 3.11. The van der Waals surface area contributed by atoms with Crippen LogP contribution in [0.25, 0.3) is 0 Å². The van der Waals surface area contributed by atoms with Crippen LogP contribution in [0, 0.1) is 23.2 Å². The van der Waals surface area contributed by atoms with Crippen LogP contribution in [0.5, 0.6) is 0 Å². The maximum atomic E-state index is 6.17. The number of hydrogen-bond donors (Lipinski definition) is 0. The van der Waals surface area contributed by atoms with Crippen LogP contribution in [-0.4, -0.2) is 18.0 Å². The zero-order valence-corrected chi connectivity index (χ0v) is 12.4. The molecule has 4 unspecified atom stereocenters. The van der Waals surface area contributed by atoms with Gasteiger partial charge in [0.25, 0.3) is 0 Å². The van der Waals surface area contributed by atoms with Gasteiger partial charge in [0, 0.05) is 0 Å². The van der Waals surface area contributed by atoms with Gasteiger partial charge in [0.2, 0.25) is 0 Å². The molecule has 4 atom stereocenters. The minimum absolute atomic E-state index is 0.289. The van der Waals surface area contributed by atoms with Crippen molar-refractivity contribution in [2.24, 2.45) is 23.2 Å². The third kappa shape index (κ3) is 2.39. The van der Waals surface area contributed by atoms with Gasteiger partial charge in [0.15, 0.2) is 5.79 Å². The zero-order chi connectivity index (χ0) is 13.0. The average Bonchev–Trinajstić information content (AvgIpc) is 2.54. The van der Waals surface area contributed by atoms with Gasteiger partial charge in [-0.3, -0.25) is 0 Å². The first-order valence-corrected chi connectivity index (χ1v) is 6.97. The van der Waals surface area contributed by atoms with Gasteiger partial charge in [0.1, 0.15) is 0 Å². The van der Waals surface area contributed by atoms with E-state index >= 15 is 0 Å². The molecule has 0 spiro atoms. The molecule has 0 radical (unpaired) electrons. The Hall–Kier alpha value is -0.0800. The lowest BCUT2D eigenvalue weighted by molar-refractivity contribution is -0.167. The molecule has 1 aliphatic carbocycles. The first-order valence-electron chi connectivity index (χ1n) is 6.97. The Morgan fingerprint density at radius 3 is 2.06 bits per heavy atom. The van der Waals surface area contributed by atoms with Crippen LogP contribution in [0.3, 0.4) is 0 Å². The maximum Gasteiger partial charge on any atom is 0.163 e.